The Hall–Kier alpha value is -6.67. The van der Waals surface area contributed by atoms with Crippen LogP contribution in [-0.4, -0.2) is 141 Å². The molecule has 2 aromatic heterocycles. The molecule has 1 unspecified atom stereocenters. The molecule has 20 heteroatoms. The first kappa shape index (κ1) is 59.0. The number of hydrogen-bond donors (Lipinski definition) is 3. The first-order valence-corrected chi connectivity index (χ1v) is 30.1. The van der Waals surface area contributed by atoms with Crippen LogP contribution in [0.3, 0.4) is 0 Å². The highest BCUT2D eigenvalue weighted by Crippen LogP contribution is 2.44. The van der Waals surface area contributed by atoms with E-state index >= 15 is 0 Å². The van der Waals surface area contributed by atoms with Crippen LogP contribution in [0.1, 0.15) is 143 Å². The van der Waals surface area contributed by atoms with E-state index in [1.165, 1.54) is 24.3 Å². The van der Waals surface area contributed by atoms with Crippen molar-refractivity contribution < 1.29 is 37.5 Å². The number of carbonyl (C=O) groups excluding carboxylic acids is 5. The average Bonchev–Trinajstić information content (AvgIpc) is 4.47. The number of thioether (sulfide) groups is 1. The number of aryl methyl sites for hydroxylation is 1. The van der Waals surface area contributed by atoms with Gasteiger partial charge < -0.3 is 40.7 Å². The van der Waals surface area contributed by atoms with Crippen molar-refractivity contribution in [3.8, 4) is 17.0 Å². The molecule has 0 saturated carbocycles. The SMILES string of the molecule is C=C(c1ccc(F)cc1)C1CSC([C@H]2CCCN2C(=O)[C@H](NC(=O)[C@@H](C)NC)C2CCN(C(=O)CCCCCCCCC(=O)CCCn3nc4c(c3OC)-c3cnc(N)c(c3)N3CCC[C@@H]3c3cc(F)ccc3C(=O)N(C)C4)CC2)=N1. The smallest absolute Gasteiger partial charge is 0.254 e. The van der Waals surface area contributed by atoms with Crippen LogP contribution in [0, 0.1) is 17.6 Å². The van der Waals surface area contributed by atoms with Crippen molar-refractivity contribution >= 4 is 63.3 Å². The lowest BCUT2D eigenvalue weighted by molar-refractivity contribution is -0.139. The van der Waals surface area contributed by atoms with Crippen molar-refractivity contribution in [1.29, 1.82) is 0 Å². The zero-order chi connectivity index (χ0) is 57.3. The first-order chi connectivity index (χ1) is 39.1. The van der Waals surface area contributed by atoms with Gasteiger partial charge in [0.15, 0.2) is 0 Å². The van der Waals surface area contributed by atoms with Crippen LogP contribution in [0.15, 0.2) is 66.3 Å². The summed E-state index contributed by atoms with van der Waals surface area (Å²) in [4.78, 5) is 85.7. The van der Waals surface area contributed by atoms with E-state index in [0.717, 1.165) is 86.0 Å². The van der Waals surface area contributed by atoms with Crippen LogP contribution in [-0.2, 0) is 32.3 Å². The molecule has 0 radical (unpaired) electrons. The Morgan fingerprint density at radius 1 is 0.877 bits per heavy atom. The number of rotatable bonds is 22. The average molecular weight is 1130 g/mol. The summed E-state index contributed by atoms with van der Waals surface area (Å²) in [6, 6.07) is 10.8. The molecule has 4 N–H and O–H groups in total. The number of nitrogen functional groups attached to an aromatic ring is 1. The fourth-order valence-corrected chi connectivity index (χ4v) is 13.6. The van der Waals surface area contributed by atoms with Gasteiger partial charge in [-0.1, -0.05) is 44.4 Å². The highest BCUT2D eigenvalue weighted by atomic mass is 32.2. The maximum Gasteiger partial charge on any atom is 0.254 e. The van der Waals surface area contributed by atoms with E-state index in [9.17, 15) is 32.8 Å². The Bertz CT molecular complexity index is 2980. The molecule has 17 nitrogen and oxygen atoms in total. The minimum atomic E-state index is -0.726. The first-order valence-electron chi connectivity index (χ1n) is 29.1. The molecule has 0 spiro atoms. The summed E-state index contributed by atoms with van der Waals surface area (Å²) in [7, 11) is 5.02. The van der Waals surface area contributed by atoms with Crippen molar-refractivity contribution in [2.45, 2.75) is 153 Å². The number of piperidine rings is 1. The van der Waals surface area contributed by atoms with E-state index in [4.69, 9.17) is 20.6 Å². The number of amides is 4. The third-order valence-electron chi connectivity index (χ3n) is 17.0. The van der Waals surface area contributed by atoms with E-state index in [0.29, 0.717) is 117 Å². The molecule has 9 rings (SSSR count). The fourth-order valence-electron chi connectivity index (χ4n) is 12.3. The number of carbonyl (C=O) groups is 5. The molecule has 81 heavy (non-hydrogen) atoms. The number of nitrogens with two attached hydrogens (primary N) is 1. The van der Waals surface area contributed by atoms with Gasteiger partial charge in [0.1, 0.15) is 29.3 Å². The summed E-state index contributed by atoms with van der Waals surface area (Å²) in [5, 5.41) is 11.9. The van der Waals surface area contributed by atoms with Gasteiger partial charge in [-0.05, 0) is 131 Å². The van der Waals surface area contributed by atoms with Crippen molar-refractivity contribution in [1.82, 2.24) is 40.1 Å². The Morgan fingerprint density at radius 2 is 1.57 bits per heavy atom. The summed E-state index contributed by atoms with van der Waals surface area (Å²) in [5.74, 6) is 0.404. The highest BCUT2D eigenvalue weighted by Gasteiger charge is 2.43. The van der Waals surface area contributed by atoms with Gasteiger partial charge >= 0.3 is 0 Å². The Morgan fingerprint density at radius 3 is 2.31 bits per heavy atom. The number of methoxy groups -OCH3 is 1. The number of hydrogen-bond acceptors (Lipinski definition) is 13. The maximum absolute atomic E-state index is 14.8. The lowest BCUT2D eigenvalue weighted by Gasteiger charge is -2.38. The Labute approximate surface area is 478 Å². The van der Waals surface area contributed by atoms with Gasteiger partial charge in [-0.15, -0.1) is 11.8 Å². The number of likely N-dealkylation sites (tertiary alicyclic amines) is 2. The number of ketones is 1. The third kappa shape index (κ3) is 13.6. The summed E-state index contributed by atoms with van der Waals surface area (Å²) >= 11 is 1.63. The van der Waals surface area contributed by atoms with Gasteiger partial charge in [0.25, 0.3) is 5.91 Å². The number of pyridine rings is 1. The molecule has 5 aliphatic rings. The number of halogens is 2. The number of aromatic nitrogens is 3. The minimum Gasteiger partial charge on any atom is -0.481 e. The molecule has 0 aliphatic carbocycles. The third-order valence-corrected chi connectivity index (χ3v) is 18.2. The second-order valence-corrected chi connectivity index (χ2v) is 23.5. The van der Waals surface area contributed by atoms with Gasteiger partial charge in [0.2, 0.25) is 23.6 Å². The van der Waals surface area contributed by atoms with Gasteiger partial charge in [0, 0.05) is 82.1 Å². The van der Waals surface area contributed by atoms with Crippen LogP contribution in [0.2, 0.25) is 0 Å². The van der Waals surface area contributed by atoms with E-state index in [-0.39, 0.29) is 65.8 Å². The number of Topliss-reactive ketones (excluding diaryl/α,β-unsaturated/α-hetero) is 1. The molecular formula is C61H79F2N11O6S. The Kier molecular flexibility index (Phi) is 19.6. The molecule has 7 heterocycles. The molecule has 2 bridgehead atoms. The largest absolute Gasteiger partial charge is 0.481 e. The molecule has 3 fully saturated rings. The predicted octanol–water partition coefficient (Wildman–Crippen LogP) is 8.76. The fraction of sp³-hybridized carbons (Fsp3) is 0.541. The number of likely N-dealkylation sites (N-methyl/N-ethyl adjacent to an activating group) is 1. The van der Waals surface area contributed by atoms with E-state index in [1.807, 2.05) is 15.9 Å². The molecule has 3 saturated heterocycles. The van der Waals surface area contributed by atoms with Crippen LogP contribution in [0.4, 0.5) is 20.3 Å². The molecule has 5 atom stereocenters. The monoisotopic (exact) mass is 1130 g/mol. The minimum absolute atomic E-state index is 0.106. The molecule has 2 aromatic carbocycles. The van der Waals surface area contributed by atoms with E-state index < -0.39 is 17.9 Å². The standard InChI is InChI=1S/C61H79F2N11O6S/c1-38(40-20-22-43(62)23-21-40)49-37-81-58(67-49)51-18-14-29-73(51)60(79)55(68-57(77)39(2)65-3)41-26-31-71(32-27-41)53(76)19-11-9-7-6-8-10-15-45(75)16-12-30-74-61(80-5)54-42-33-52(56(64)66-35-42)72-28-13-17-50(72)47-34-44(63)24-25-46(47)59(78)70(4)36-48(54)69-74/h20-25,33-35,39,41,49-51,55,65H,1,6-19,26-32,36-37H2,2-5H3,(H2,64,66)(H,68,77)/t39-,49?,50-,51-,55-/m1/s1. The number of benzene rings is 2. The molecule has 4 aromatic rings. The summed E-state index contributed by atoms with van der Waals surface area (Å²) in [6.45, 7) is 8.91. The number of nitrogens with one attached hydrogen (secondary N) is 2. The van der Waals surface area contributed by atoms with E-state index in [1.54, 1.807) is 73.9 Å². The van der Waals surface area contributed by atoms with Gasteiger partial charge in [0.05, 0.1) is 59.8 Å². The molecular weight excluding hydrogens is 1050 g/mol. The summed E-state index contributed by atoms with van der Waals surface area (Å²) < 4.78 is 36.2. The lowest BCUT2D eigenvalue weighted by atomic mass is 9.87. The normalized spacial score (nSPS) is 20.0. The quantitative estimate of drug-likeness (QED) is 0.0633. The lowest BCUT2D eigenvalue weighted by Crippen LogP contribution is -2.58. The van der Waals surface area contributed by atoms with Gasteiger partial charge in [-0.3, -0.25) is 29.0 Å². The van der Waals surface area contributed by atoms with Crippen molar-refractivity contribution in [2.75, 3.05) is 63.8 Å². The zero-order valence-corrected chi connectivity index (χ0v) is 48.2. The maximum atomic E-state index is 14.8. The van der Waals surface area contributed by atoms with E-state index in [2.05, 4.69) is 27.1 Å². The number of nitrogens with zero attached hydrogens (tertiary/aromatic N) is 8. The van der Waals surface area contributed by atoms with Crippen LogP contribution < -0.4 is 26.0 Å². The predicted molar refractivity (Wildman–Crippen MR) is 313 cm³/mol. The second-order valence-electron chi connectivity index (χ2n) is 22.4. The topological polar surface area (TPSA) is 201 Å². The van der Waals surface area contributed by atoms with Crippen LogP contribution >= 0.6 is 11.8 Å². The van der Waals surface area contributed by atoms with Crippen LogP contribution in [0.5, 0.6) is 5.88 Å². The Balaban J connectivity index is 0.706. The summed E-state index contributed by atoms with van der Waals surface area (Å²) in [6.07, 6.45) is 13.3. The van der Waals surface area contributed by atoms with Crippen molar-refractivity contribution in [3.63, 3.8) is 0 Å². The van der Waals surface area contributed by atoms with Crippen molar-refractivity contribution in [2.24, 2.45) is 10.9 Å². The zero-order valence-electron chi connectivity index (χ0n) is 47.4. The molecule has 5 aliphatic heterocycles. The number of anilines is 2. The number of ether oxygens (including phenoxy) is 1. The van der Waals surface area contributed by atoms with Gasteiger partial charge in [-0.25, -0.2) is 18.4 Å². The molecule has 4 amide bonds. The number of unbranched alkanes of at least 4 members (excludes halogenated alkanes) is 5. The van der Waals surface area contributed by atoms with Crippen molar-refractivity contribution in [3.05, 3.63) is 95.3 Å². The number of aliphatic imine (C=N–C) groups is 1. The second kappa shape index (κ2) is 26.9. The number of fused-ring (bicyclic) bond motifs is 8. The molecule has 434 valence electrons. The van der Waals surface area contributed by atoms with Gasteiger partial charge in [-0.2, -0.15) is 5.10 Å². The summed E-state index contributed by atoms with van der Waals surface area (Å²) in [5.41, 5.74) is 12.0. The highest BCUT2D eigenvalue weighted by molar-refractivity contribution is 8.14. The van der Waals surface area contributed by atoms with Crippen LogP contribution in [0.25, 0.3) is 16.7 Å².